The average Bonchev–Trinajstić information content (AvgIpc) is 2.23. The van der Waals surface area contributed by atoms with Crippen LogP contribution in [0.3, 0.4) is 0 Å². The van der Waals surface area contributed by atoms with Gasteiger partial charge in [-0.05, 0) is 44.9 Å². The maximum Gasteiger partial charge on any atom is 0.153 e. The molecule has 4 heteroatoms. The Bertz CT molecular complexity index is 324. The maximum absolute atomic E-state index is 11.6. The summed E-state index contributed by atoms with van der Waals surface area (Å²) in [7, 11) is -2.89. The summed E-state index contributed by atoms with van der Waals surface area (Å²) in [4.78, 5) is 0. The Balaban J connectivity index is 2.28. The van der Waals surface area contributed by atoms with E-state index in [4.69, 9.17) is 0 Å². The van der Waals surface area contributed by atoms with Crippen LogP contribution < -0.4 is 5.32 Å². The minimum absolute atomic E-state index is 0.255. The van der Waals surface area contributed by atoms with Crippen molar-refractivity contribution in [2.75, 3.05) is 12.3 Å². The van der Waals surface area contributed by atoms with Crippen LogP contribution in [0.15, 0.2) is 0 Å². The van der Waals surface area contributed by atoms with Crippen LogP contribution in [0.5, 0.6) is 0 Å². The molecule has 0 aliphatic heterocycles. The van der Waals surface area contributed by atoms with Gasteiger partial charge in [-0.25, -0.2) is 8.42 Å². The fourth-order valence-electron chi connectivity index (χ4n) is 2.37. The lowest BCUT2D eigenvalue weighted by Crippen LogP contribution is -2.39. The molecule has 0 amide bonds. The molecule has 1 N–H and O–H groups in total. The van der Waals surface area contributed by atoms with E-state index in [0.29, 0.717) is 12.6 Å². The third kappa shape index (κ3) is 4.59. The summed E-state index contributed by atoms with van der Waals surface area (Å²) >= 11 is 0. The number of hydrogen-bond donors (Lipinski definition) is 1. The number of sulfone groups is 1. The van der Waals surface area contributed by atoms with Crippen LogP contribution in [0.2, 0.25) is 0 Å². The normalized spacial score (nSPS) is 30.8. The zero-order chi connectivity index (χ0) is 13.1. The van der Waals surface area contributed by atoms with E-state index in [1.54, 1.807) is 13.8 Å². The molecule has 1 aliphatic rings. The summed E-state index contributed by atoms with van der Waals surface area (Å²) in [5.74, 6) is 1.83. The molecule has 102 valence electrons. The standard InChI is InChI=1S/C13H27NO2S/c1-10(2)17(15,16)8-7-14-13-6-5-11(3)12(4)9-13/h10-14H,5-9H2,1-4H3. The van der Waals surface area contributed by atoms with Gasteiger partial charge in [0.2, 0.25) is 0 Å². The first-order valence-electron chi connectivity index (χ1n) is 6.78. The first-order valence-corrected chi connectivity index (χ1v) is 8.49. The maximum atomic E-state index is 11.6. The van der Waals surface area contributed by atoms with Crippen LogP contribution in [-0.4, -0.2) is 32.0 Å². The van der Waals surface area contributed by atoms with Gasteiger partial charge in [-0.3, -0.25) is 0 Å². The van der Waals surface area contributed by atoms with Crippen molar-refractivity contribution in [3.05, 3.63) is 0 Å². The second-order valence-electron chi connectivity index (χ2n) is 5.83. The quantitative estimate of drug-likeness (QED) is 0.825. The highest BCUT2D eigenvalue weighted by Crippen LogP contribution is 2.29. The topological polar surface area (TPSA) is 46.2 Å². The second-order valence-corrected chi connectivity index (χ2v) is 8.51. The van der Waals surface area contributed by atoms with Gasteiger partial charge in [-0.15, -0.1) is 0 Å². The molecule has 0 saturated heterocycles. The van der Waals surface area contributed by atoms with Crippen LogP contribution in [0, 0.1) is 11.8 Å². The predicted octanol–water partition coefficient (Wildman–Crippen LogP) is 2.22. The van der Waals surface area contributed by atoms with Crippen molar-refractivity contribution in [1.29, 1.82) is 0 Å². The molecular formula is C13H27NO2S. The Labute approximate surface area is 106 Å². The summed E-state index contributed by atoms with van der Waals surface area (Å²) < 4.78 is 23.3. The molecule has 3 nitrogen and oxygen atoms in total. The zero-order valence-electron chi connectivity index (χ0n) is 11.6. The predicted molar refractivity (Wildman–Crippen MR) is 72.9 cm³/mol. The van der Waals surface area contributed by atoms with Crippen molar-refractivity contribution < 1.29 is 8.42 Å². The molecule has 1 aliphatic carbocycles. The lowest BCUT2D eigenvalue weighted by Gasteiger charge is -2.32. The van der Waals surface area contributed by atoms with Gasteiger partial charge < -0.3 is 5.32 Å². The molecule has 17 heavy (non-hydrogen) atoms. The van der Waals surface area contributed by atoms with E-state index < -0.39 is 9.84 Å². The Morgan fingerprint density at radius 2 is 1.82 bits per heavy atom. The summed E-state index contributed by atoms with van der Waals surface area (Å²) in [6.45, 7) is 8.71. The molecule has 1 saturated carbocycles. The van der Waals surface area contributed by atoms with Crippen molar-refractivity contribution in [3.63, 3.8) is 0 Å². The summed E-state index contributed by atoms with van der Waals surface area (Å²) in [6, 6.07) is 0.517. The van der Waals surface area contributed by atoms with E-state index in [0.717, 1.165) is 11.8 Å². The molecule has 1 rings (SSSR count). The number of hydrogen-bond acceptors (Lipinski definition) is 3. The van der Waals surface area contributed by atoms with E-state index >= 15 is 0 Å². The largest absolute Gasteiger partial charge is 0.313 e. The Morgan fingerprint density at radius 3 is 2.35 bits per heavy atom. The molecule has 0 bridgehead atoms. The summed E-state index contributed by atoms with van der Waals surface area (Å²) in [5, 5.41) is 3.15. The SMILES string of the molecule is CC1CCC(NCCS(=O)(=O)C(C)C)CC1C. The molecule has 0 heterocycles. The van der Waals surface area contributed by atoms with Crippen molar-refractivity contribution in [1.82, 2.24) is 5.32 Å². The highest BCUT2D eigenvalue weighted by Gasteiger charge is 2.24. The van der Waals surface area contributed by atoms with Crippen molar-refractivity contribution in [2.24, 2.45) is 11.8 Å². The lowest BCUT2D eigenvalue weighted by atomic mass is 9.79. The molecule has 0 spiro atoms. The smallest absolute Gasteiger partial charge is 0.153 e. The minimum atomic E-state index is -2.89. The monoisotopic (exact) mass is 261 g/mol. The molecule has 1 fully saturated rings. The van der Waals surface area contributed by atoms with Gasteiger partial charge in [-0.2, -0.15) is 0 Å². The molecule has 0 radical (unpaired) electrons. The van der Waals surface area contributed by atoms with E-state index in [1.807, 2.05) is 0 Å². The Hall–Kier alpha value is -0.0900. The van der Waals surface area contributed by atoms with Gasteiger partial charge in [-0.1, -0.05) is 13.8 Å². The van der Waals surface area contributed by atoms with E-state index in [2.05, 4.69) is 19.2 Å². The van der Waals surface area contributed by atoms with Gasteiger partial charge in [0.15, 0.2) is 9.84 Å². The molecule has 0 aromatic carbocycles. The average molecular weight is 261 g/mol. The fourth-order valence-corrected chi connectivity index (χ4v) is 3.25. The van der Waals surface area contributed by atoms with E-state index in [1.165, 1.54) is 19.3 Å². The van der Waals surface area contributed by atoms with Crippen molar-refractivity contribution >= 4 is 9.84 Å². The van der Waals surface area contributed by atoms with Gasteiger partial charge in [0.05, 0.1) is 11.0 Å². The van der Waals surface area contributed by atoms with Crippen LogP contribution in [0.4, 0.5) is 0 Å². The third-order valence-electron chi connectivity index (χ3n) is 4.14. The van der Waals surface area contributed by atoms with Crippen molar-refractivity contribution in [2.45, 2.75) is 58.2 Å². The van der Waals surface area contributed by atoms with Crippen LogP contribution in [0.25, 0.3) is 0 Å². The second kappa shape index (κ2) is 6.19. The first kappa shape index (κ1) is 15.0. The van der Waals surface area contributed by atoms with Crippen LogP contribution in [-0.2, 0) is 9.84 Å². The van der Waals surface area contributed by atoms with E-state index in [-0.39, 0.29) is 11.0 Å². The zero-order valence-corrected chi connectivity index (χ0v) is 12.4. The molecular weight excluding hydrogens is 234 g/mol. The lowest BCUT2D eigenvalue weighted by molar-refractivity contribution is 0.228. The van der Waals surface area contributed by atoms with Gasteiger partial charge in [0.25, 0.3) is 0 Å². The fraction of sp³-hybridized carbons (Fsp3) is 1.00. The minimum Gasteiger partial charge on any atom is -0.313 e. The molecule has 0 aromatic heterocycles. The van der Waals surface area contributed by atoms with Gasteiger partial charge >= 0.3 is 0 Å². The number of rotatable bonds is 5. The molecule has 0 aromatic rings. The molecule has 3 atom stereocenters. The third-order valence-corrected chi connectivity index (χ3v) is 6.35. The molecule has 3 unspecified atom stereocenters. The first-order chi connectivity index (χ1) is 7.83. The van der Waals surface area contributed by atoms with Crippen molar-refractivity contribution in [3.8, 4) is 0 Å². The van der Waals surface area contributed by atoms with Crippen LogP contribution >= 0.6 is 0 Å². The van der Waals surface area contributed by atoms with Gasteiger partial charge in [0.1, 0.15) is 0 Å². The van der Waals surface area contributed by atoms with Crippen LogP contribution in [0.1, 0.15) is 47.0 Å². The number of nitrogens with one attached hydrogen (secondary N) is 1. The highest BCUT2D eigenvalue weighted by molar-refractivity contribution is 7.92. The van der Waals surface area contributed by atoms with Gasteiger partial charge in [0, 0.05) is 12.6 Å². The van der Waals surface area contributed by atoms with E-state index in [9.17, 15) is 8.42 Å². The summed E-state index contributed by atoms with van der Waals surface area (Å²) in [5.41, 5.74) is 0. The Morgan fingerprint density at radius 1 is 1.18 bits per heavy atom. The Kier molecular flexibility index (Phi) is 5.45. The highest BCUT2D eigenvalue weighted by atomic mass is 32.2. The summed E-state index contributed by atoms with van der Waals surface area (Å²) in [6.07, 6.45) is 3.63.